The second-order valence-corrected chi connectivity index (χ2v) is 5.53. The fraction of sp³-hybridized carbons (Fsp3) is 0.625. The van der Waals surface area contributed by atoms with Crippen LogP contribution in [0.3, 0.4) is 0 Å². The highest BCUT2D eigenvalue weighted by atomic mass is 16.5. The van der Waals surface area contributed by atoms with Crippen molar-refractivity contribution < 1.29 is 4.74 Å². The monoisotopic (exact) mass is 247 g/mol. The lowest BCUT2D eigenvalue weighted by atomic mass is 10.0. The van der Waals surface area contributed by atoms with Crippen molar-refractivity contribution >= 4 is 0 Å². The van der Waals surface area contributed by atoms with Crippen LogP contribution in [-0.4, -0.2) is 12.1 Å². The fourth-order valence-electron chi connectivity index (χ4n) is 2.73. The van der Waals surface area contributed by atoms with E-state index in [-0.39, 0.29) is 0 Å². The van der Waals surface area contributed by atoms with Crippen molar-refractivity contribution in [3.63, 3.8) is 0 Å². The highest BCUT2D eigenvalue weighted by Gasteiger charge is 2.22. The van der Waals surface area contributed by atoms with Gasteiger partial charge in [-0.3, -0.25) is 0 Å². The molecule has 2 N–H and O–H groups in total. The summed E-state index contributed by atoms with van der Waals surface area (Å²) in [7, 11) is 0. The van der Waals surface area contributed by atoms with Gasteiger partial charge in [0.05, 0.1) is 0 Å². The summed E-state index contributed by atoms with van der Waals surface area (Å²) in [5.74, 6) is 1.09. The Morgan fingerprint density at radius 2 is 2.22 bits per heavy atom. The Morgan fingerprint density at radius 3 is 3.00 bits per heavy atom. The van der Waals surface area contributed by atoms with E-state index in [0.717, 1.165) is 31.4 Å². The second kappa shape index (κ2) is 6.24. The third-order valence-corrected chi connectivity index (χ3v) is 3.72. The molecule has 0 saturated carbocycles. The molecule has 2 heteroatoms. The maximum absolute atomic E-state index is 6.03. The molecule has 1 aromatic carbocycles. The molecule has 2 nitrogen and oxygen atoms in total. The number of hydrogen-bond donors (Lipinski definition) is 1. The molecule has 18 heavy (non-hydrogen) atoms. The summed E-state index contributed by atoms with van der Waals surface area (Å²) in [5, 5.41) is 0. The van der Waals surface area contributed by atoms with Crippen LogP contribution in [0, 0.1) is 6.92 Å². The molecule has 0 bridgehead atoms. The van der Waals surface area contributed by atoms with Gasteiger partial charge in [0.25, 0.3) is 0 Å². The summed E-state index contributed by atoms with van der Waals surface area (Å²) in [4.78, 5) is 0. The third-order valence-electron chi connectivity index (χ3n) is 3.72. The van der Waals surface area contributed by atoms with Gasteiger partial charge in [-0.1, -0.05) is 31.0 Å². The van der Waals surface area contributed by atoms with Crippen molar-refractivity contribution in [1.82, 2.24) is 0 Å². The Morgan fingerprint density at radius 1 is 1.39 bits per heavy atom. The van der Waals surface area contributed by atoms with Gasteiger partial charge >= 0.3 is 0 Å². The van der Waals surface area contributed by atoms with Crippen molar-refractivity contribution in [2.75, 3.05) is 0 Å². The van der Waals surface area contributed by atoms with Crippen molar-refractivity contribution in [3.05, 3.63) is 29.3 Å². The minimum absolute atomic E-state index is 0.371. The average Bonchev–Trinajstić information content (AvgIpc) is 2.71. The molecular weight excluding hydrogens is 222 g/mol. The van der Waals surface area contributed by atoms with E-state index in [0.29, 0.717) is 12.1 Å². The molecule has 100 valence electrons. The van der Waals surface area contributed by atoms with Crippen LogP contribution in [-0.2, 0) is 6.42 Å². The number of hydrogen-bond acceptors (Lipinski definition) is 2. The normalized spacial score (nSPS) is 19.4. The van der Waals surface area contributed by atoms with Gasteiger partial charge in [0.15, 0.2) is 0 Å². The van der Waals surface area contributed by atoms with Gasteiger partial charge < -0.3 is 10.5 Å². The predicted molar refractivity (Wildman–Crippen MR) is 76.0 cm³/mol. The smallest absolute Gasteiger partial charge is 0.123 e. The molecule has 0 amide bonds. The molecular formula is C16H25NO. The van der Waals surface area contributed by atoms with Crippen LogP contribution in [0.25, 0.3) is 0 Å². The van der Waals surface area contributed by atoms with Crippen LogP contribution in [0.2, 0.25) is 0 Å². The van der Waals surface area contributed by atoms with E-state index in [1.807, 2.05) is 0 Å². The van der Waals surface area contributed by atoms with Gasteiger partial charge in [0, 0.05) is 12.5 Å². The first-order chi connectivity index (χ1) is 8.69. The Balaban J connectivity index is 1.74. The first-order valence-electron chi connectivity index (χ1n) is 7.20. The molecule has 2 atom stereocenters. The summed E-state index contributed by atoms with van der Waals surface area (Å²) >= 11 is 0. The van der Waals surface area contributed by atoms with Gasteiger partial charge in [-0.05, 0) is 44.2 Å². The highest BCUT2D eigenvalue weighted by Crippen LogP contribution is 2.31. The van der Waals surface area contributed by atoms with Gasteiger partial charge in [0.2, 0.25) is 0 Å². The Bertz CT molecular complexity index is 389. The fourth-order valence-corrected chi connectivity index (χ4v) is 2.73. The quantitative estimate of drug-likeness (QED) is 0.833. The van der Waals surface area contributed by atoms with Gasteiger partial charge in [-0.15, -0.1) is 0 Å². The number of fused-ring (bicyclic) bond motifs is 1. The molecule has 0 fully saturated rings. The van der Waals surface area contributed by atoms with E-state index in [2.05, 4.69) is 32.0 Å². The maximum atomic E-state index is 6.03. The SMILES string of the molecule is CCCC(N)CCCC1Cc2cc(C)ccc2O1. The molecule has 0 spiro atoms. The minimum atomic E-state index is 0.371. The zero-order chi connectivity index (χ0) is 13.0. The zero-order valence-corrected chi connectivity index (χ0v) is 11.6. The number of nitrogens with two attached hydrogens (primary N) is 1. The van der Waals surface area contributed by atoms with Crippen LogP contribution < -0.4 is 10.5 Å². The van der Waals surface area contributed by atoms with Crippen molar-refractivity contribution in [2.45, 2.75) is 64.5 Å². The molecule has 1 heterocycles. The number of rotatable bonds is 6. The Labute approximate surface area is 111 Å². The summed E-state index contributed by atoms with van der Waals surface area (Å²) in [6.07, 6.45) is 7.21. The number of benzene rings is 1. The first-order valence-corrected chi connectivity index (χ1v) is 7.20. The van der Waals surface area contributed by atoms with E-state index >= 15 is 0 Å². The van der Waals surface area contributed by atoms with Crippen LogP contribution >= 0.6 is 0 Å². The van der Waals surface area contributed by atoms with Crippen LogP contribution in [0.4, 0.5) is 0 Å². The van der Waals surface area contributed by atoms with E-state index in [1.165, 1.54) is 24.0 Å². The second-order valence-electron chi connectivity index (χ2n) is 5.53. The molecule has 0 saturated heterocycles. The highest BCUT2D eigenvalue weighted by molar-refractivity contribution is 5.40. The van der Waals surface area contributed by atoms with E-state index < -0.39 is 0 Å². The molecule has 2 unspecified atom stereocenters. The van der Waals surface area contributed by atoms with Gasteiger partial charge in [0.1, 0.15) is 11.9 Å². The Kier molecular flexibility index (Phi) is 4.65. The lowest BCUT2D eigenvalue weighted by Gasteiger charge is -2.13. The molecule has 0 aliphatic carbocycles. The Hall–Kier alpha value is -1.02. The number of ether oxygens (including phenoxy) is 1. The minimum Gasteiger partial charge on any atom is -0.490 e. The third kappa shape index (κ3) is 3.49. The van der Waals surface area contributed by atoms with Gasteiger partial charge in [-0.25, -0.2) is 0 Å². The summed E-state index contributed by atoms with van der Waals surface area (Å²) in [6.45, 7) is 4.33. The van der Waals surface area contributed by atoms with E-state index in [1.54, 1.807) is 0 Å². The van der Waals surface area contributed by atoms with E-state index in [9.17, 15) is 0 Å². The van der Waals surface area contributed by atoms with E-state index in [4.69, 9.17) is 10.5 Å². The number of aryl methyl sites for hydroxylation is 1. The standard InChI is InChI=1S/C16H25NO/c1-3-5-14(17)6-4-7-15-11-13-10-12(2)8-9-16(13)18-15/h8-10,14-15H,3-7,11,17H2,1-2H3. The molecule has 2 rings (SSSR count). The lowest BCUT2D eigenvalue weighted by molar-refractivity contribution is 0.215. The van der Waals surface area contributed by atoms with Crippen molar-refractivity contribution in [2.24, 2.45) is 5.73 Å². The van der Waals surface area contributed by atoms with Crippen LogP contribution in [0.1, 0.15) is 50.2 Å². The first kappa shape index (κ1) is 13.4. The predicted octanol–water partition coefficient (Wildman–Crippen LogP) is 3.60. The molecule has 1 aliphatic rings. The maximum Gasteiger partial charge on any atom is 0.123 e. The van der Waals surface area contributed by atoms with Crippen LogP contribution in [0.15, 0.2) is 18.2 Å². The summed E-state index contributed by atoms with van der Waals surface area (Å²) in [5.41, 5.74) is 8.73. The topological polar surface area (TPSA) is 35.2 Å². The average molecular weight is 247 g/mol. The molecule has 1 aromatic rings. The van der Waals surface area contributed by atoms with Crippen molar-refractivity contribution in [3.8, 4) is 5.75 Å². The summed E-state index contributed by atoms with van der Waals surface area (Å²) < 4.78 is 5.96. The summed E-state index contributed by atoms with van der Waals surface area (Å²) in [6, 6.07) is 6.85. The largest absolute Gasteiger partial charge is 0.490 e. The molecule has 1 aliphatic heterocycles. The zero-order valence-electron chi connectivity index (χ0n) is 11.6. The molecule has 0 radical (unpaired) electrons. The lowest BCUT2D eigenvalue weighted by Crippen LogP contribution is -2.20. The van der Waals surface area contributed by atoms with Crippen LogP contribution in [0.5, 0.6) is 5.75 Å². The van der Waals surface area contributed by atoms with Crippen molar-refractivity contribution in [1.29, 1.82) is 0 Å². The molecule has 0 aromatic heterocycles. The van der Waals surface area contributed by atoms with Gasteiger partial charge in [-0.2, -0.15) is 0 Å².